The number of amides is 1. The zero-order valence-corrected chi connectivity index (χ0v) is 10.8. The molecule has 2 rings (SSSR count). The average Bonchev–Trinajstić information content (AvgIpc) is 2.76. The quantitative estimate of drug-likeness (QED) is 0.863. The van der Waals surface area contributed by atoms with Gasteiger partial charge in [-0.2, -0.15) is 0 Å². The lowest BCUT2D eigenvalue weighted by molar-refractivity contribution is -0.115. The lowest BCUT2D eigenvalue weighted by Crippen LogP contribution is -2.20. The van der Waals surface area contributed by atoms with Crippen LogP contribution in [0.15, 0.2) is 30.6 Å². The van der Waals surface area contributed by atoms with E-state index < -0.39 is 5.38 Å². The van der Waals surface area contributed by atoms with Crippen LogP contribution in [0.4, 0.5) is 5.69 Å². The van der Waals surface area contributed by atoms with E-state index in [1.165, 1.54) is 0 Å². The van der Waals surface area contributed by atoms with Gasteiger partial charge in [0.05, 0.1) is 0 Å². The van der Waals surface area contributed by atoms with Gasteiger partial charge in [-0.3, -0.25) is 4.79 Å². The van der Waals surface area contributed by atoms with Crippen LogP contribution in [0, 0.1) is 0 Å². The van der Waals surface area contributed by atoms with Crippen LogP contribution in [-0.4, -0.2) is 26.0 Å². The molecule has 0 saturated carbocycles. The molecule has 2 aromatic rings. The van der Waals surface area contributed by atoms with Gasteiger partial charge in [0.15, 0.2) is 5.82 Å². The minimum Gasteiger partial charge on any atom is -0.325 e. The largest absolute Gasteiger partial charge is 0.325 e. The van der Waals surface area contributed by atoms with Crippen LogP contribution in [0.25, 0.3) is 11.4 Å². The van der Waals surface area contributed by atoms with Gasteiger partial charge in [0.1, 0.15) is 11.7 Å². The first-order valence-electron chi connectivity index (χ1n) is 5.47. The fourth-order valence-electron chi connectivity index (χ4n) is 1.49. The molecule has 0 aliphatic rings. The van der Waals surface area contributed by atoms with Crippen molar-refractivity contribution in [3.05, 3.63) is 30.6 Å². The second kappa shape index (κ2) is 5.18. The van der Waals surface area contributed by atoms with Crippen molar-refractivity contribution in [3.63, 3.8) is 0 Å². The van der Waals surface area contributed by atoms with Gasteiger partial charge in [-0.05, 0) is 31.2 Å². The molecule has 5 nitrogen and oxygen atoms in total. The third kappa shape index (κ3) is 2.68. The van der Waals surface area contributed by atoms with Crippen LogP contribution in [0.2, 0.25) is 0 Å². The van der Waals surface area contributed by atoms with E-state index in [1.54, 1.807) is 25.4 Å². The molecule has 0 radical (unpaired) electrons. The Morgan fingerprint density at radius 3 is 2.56 bits per heavy atom. The van der Waals surface area contributed by atoms with Crippen molar-refractivity contribution < 1.29 is 4.79 Å². The second-order valence-corrected chi connectivity index (χ2v) is 4.60. The van der Waals surface area contributed by atoms with Crippen molar-refractivity contribution in [1.82, 2.24) is 14.8 Å². The monoisotopic (exact) mass is 264 g/mol. The van der Waals surface area contributed by atoms with E-state index in [0.29, 0.717) is 5.69 Å². The summed E-state index contributed by atoms with van der Waals surface area (Å²) in [5.41, 5.74) is 1.64. The number of carbonyl (C=O) groups excluding carboxylic acids is 1. The van der Waals surface area contributed by atoms with Gasteiger partial charge >= 0.3 is 0 Å². The van der Waals surface area contributed by atoms with Crippen LogP contribution < -0.4 is 5.32 Å². The summed E-state index contributed by atoms with van der Waals surface area (Å²) in [6.45, 7) is 1.63. The molecular weight excluding hydrogens is 252 g/mol. The molecule has 0 spiro atoms. The molecule has 6 heteroatoms. The van der Waals surface area contributed by atoms with E-state index in [4.69, 9.17) is 11.6 Å². The maximum absolute atomic E-state index is 11.4. The minimum absolute atomic E-state index is 0.219. The number of alkyl halides is 1. The summed E-state index contributed by atoms with van der Waals surface area (Å²) in [5.74, 6) is 0.557. The molecule has 1 N–H and O–H groups in total. The summed E-state index contributed by atoms with van der Waals surface area (Å²) >= 11 is 5.68. The molecule has 1 unspecified atom stereocenters. The summed E-state index contributed by atoms with van der Waals surface area (Å²) in [5, 5.41) is 9.99. The molecular formula is C12H13ClN4O. The number of hydrogen-bond donors (Lipinski definition) is 1. The average molecular weight is 265 g/mol. The van der Waals surface area contributed by atoms with Crippen molar-refractivity contribution in [1.29, 1.82) is 0 Å². The molecule has 1 aromatic carbocycles. The van der Waals surface area contributed by atoms with Crippen molar-refractivity contribution >= 4 is 23.2 Å². The highest BCUT2D eigenvalue weighted by Gasteiger charge is 2.09. The molecule has 1 heterocycles. The van der Waals surface area contributed by atoms with Crippen molar-refractivity contribution in [3.8, 4) is 11.4 Å². The maximum Gasteiger partial charge on any atom is 0.242 e. The predicted molar refractivity (Wildman–Crippen MR) is 70.4 cm³/mol. The van der Waals surface area contributed by atoms with Gasteiger partial charge in [-0.1, -0.05) is 0 Å². The van der Waals surface area contributed by atoms with Gasteiger partial charge in [0.2, 0.25) is 5.91 Å². The van der Waals surface area contributed by atoms with Crippen LogP contribution in [0.1, 0.15) is 6.92 Å². The van der Waals surface area contributed by atoms with Gasteiger partial charge in [-0.15, -0.1) is 21.8 Å². The summed E-state index contributed by atoms with van der Waals surface area (Å²) < 4.78 is 1.83. The Balaban J connectivity index is 2.16. The Morgan fingerprint density at radius 2 is 2.06 bits per heavy atom. The number of hydrogen-bond acceptors (Lipinski definition) is 3. The number of nitrogens with one attached hydrogen (secondary N) is 1. The molecule has 0 aliphatic carbocycles. The number of rotatable bonds is 3. The standard InChI is InChI=1S/C12H13ClN4O/c1-8(13)12(18)15-10-5-3-9(4-6-10)11-16-14-7-17(11)2/h3-8H,1-2H3,(H,15,18). The summed E-state index contributed by atoms with van der Waals surface area (Å²) in [7, 11) is 1.88. The molecule has 94 valence electrons. The van der Waals surface area contributed by atoms with E-state index in [-0.39, 0.29) is 5.91 Å². The van der Waals surface area contributed by atoms with E-state index >= 15 is 0 Å². The minimum atomic E-state index is -0.552. The summed E-state index contributed by atoms with van der Waals surface area (Å²) in [6.07, 6.45) is 1.64. The van der Waals surface area contributed by atoms with Gasteiger partial charge in [-0.25, -0.2) is 0 Å². The van der Waals surface area contributed by atoms with Crippen molar-refractivity contribution in [2.45, 2.75) is 12.3 Å². The second-order valence-electron chi connectivity index (χ2n) is 3.95. The third-order valence-electron chi connectivity index (χ3n) is 2.48. The number of benzene rings is 1. The van der Waals surface area contributed by atoms with Crippen LogP contribution >= 0.6 is 11.6 Å². The van der Waals surface area contributed by atoms with Gasteiger partial charge in [0, 0.05) is 18.3 Å². The highest BCUT2D eigenvalue weighted by Crippen LogP contribution is 2.18. The highest BCUT2D eigenvalue weighted by atomic mass is 35.5. The Kier molecular flexibility index (Phi) is 3.62. The van der Waals surface area contributed by atoms with Gasteiger partial charge < -0.3 is 9.88 Å². The molecule has 1 aromatic heterocycles. The van der Waals surface area contributed by atoms with E-state index in [0.717, 1.165) is 11.4 Å². The molecule has 1 atom stereocenters. The third-order valence-corrected chi connectivity index (χ3v) is 2.68. The molecule has 0 saturated heterocycles. The van der Waals surface area contributed by atoms with E-state index in [9.17, 15) is 4.79 Å². The lowest BCUT2D eigenvalue weighted by Gasteiger charge is -2.07. The van der Waals surface area contributed by atoms with Crippen LogP contribution in [-0.2, 0) is 11.8 Å². The highest BCUT2D eigenvalue weighted by molar-refractivity contribution is 6.32. The van der Waals surface area contributed by atoms with Crippen LogP contribution in [0.3, 0.4) is 0 Å². The fourth-order valence-corrected chi connectivity index (χ4v) is 1.54. The molecule has 0 bridgehead atoms. The van der Waals surface area contributed by atoms with E-state index in [1.807, 2.05) is 23.7 Å². The SMILES string of the molecule is CC(Cl)C(=O)Nc1ccc(-c2nncn2C)cc1. The van der Waals surface area contributed by atoms with E-state index in [2.05, 4.69) is 15.5 Å². The van der Waals surface area contributed by atoms with Gasteiger partial charge in [0.25, 0.3) is 0 Å². The summed E-state index contributed by atoms with van der Waals surface area (Å²) in [6, 6.07) is 7.36. The predicted octanol–water partition coefficient (Wildman–Crippen LogP) is 2.05. The Bertz CT molecular complexity index is 547. The van der Waals surface area contributed by atoms with Crippen LogP contribution in [0.5, 0.6) is 0 Å². The Hall–Kier alpha value is -1.88. The number of aryl methyl sites for hydroxylation is 1. The first-order chi connectivity index (χ1) is 8.58. The Morgan fingerprint density at radius 1 is 1.39 bits per heavy atom. The number of anilines is 1. The number of aromatic nitrogens is 3. The summed E-state index contributed by atoms with van der Waals surface area (Å²) in [4.78, 5) is 11.4. The topological polar surface area (TPSA) is 59.8 Å². The molecule has 1 amide bonds. The van der Waals surface area contributed by atoms with Crippen molar-refractivity contribution in [2.75, 3.05) is 5.32 Å². The number of nitrogens with zero attached hydrogens (tertiary/aromatic N) is 3. The number of halogens is 1. The maximum atomic E-state index is 11.4. The normalized spacial score (nSPS) is 12.2. The lowest BCUT2D eigenvalue weighted by atomic mass is 10.2. The Labute approximate surface area is 110 Å². The molecule has 18 heavy (non-hydrogen) atoms. The van der Waals surface area contributed by atoms with Crippen molar-refractivity contribution in [2.24, 2.45) is 7.05 Å². The zero-order valence-electron chi connectivity index (χ0n) is 10.1. The molecule has 0 aliphatic heterocycles. The first-order valence-corrected chi connectivity index (χ1v) is 5.91. The smallest absolute Gasteiger partial charge is 0.242 e. The zero-order chi connectivity index (χ0) is 13.1. The molecule has 0 fully saturated rings. The number of carbonyl (C=O) groups is 1. The first kappa shape index (κ1) is 12.6. The fraction of sp³-hybridized carbons (Fsp3) is 0.250.